The van der Waals surface area contributed by atoms with Gasteiger partial charge in [0.2, 0.25) is 0 Å². The van der Waals surface area contributed by atoms with Crippen LogP contribution in [0.15, 0.2) is 65.6 Å². The molecule has 0 bridgehead atoms. The van der Waals surface area contributed by atoms with E-state index in [9.17, 15) is 14.4 Å². The second-order valence-electron chi connectivity index (χ2n) is 7.13. The van der Waals surface area contributed by atoms with Gasteiger partial charge >= 0.3 is 12.1 Å². The first-order valence-corrected chi connectivity index (χ1v) is 9.80. The highest BCUT2D eigenvalue weighted by atomic mass is 16.6. The standard InChI is InChI=1S/C23H21N3O5/c1-30-22(28)19(12-20-24-11-10-21(27)26-20)25-23(29)31-13-18-16-8-4-2-6-14(16)15-7-3-5-9-17(15)18/h2-11,18-19H,12-13H2,1H3,(H,25,29)(H,24,26,27). The number of esters is 1. The molecule has 1 aliphatic carbocycles. The van der Waals surface area contributed by atoms with Gasteiger partial charge in [-0.15, -0.1) is 0 Å². The Labute approximate surface area is 178 Å². The van der Waals surface area contributed by atoms with Crippen LogP contribution in [0.1, 0.15) is 22.9 Å². The van der Waals surface area contributed by atoms with Gasteiger partial charge in [0.1, 0.15) is 18.5 Å². The van der Waals surface area contributed by atoms with Gasteiger partial charge in [0.15, 0.2) is 0 Å². The van der Waals surface area contributed by atoms with E-state index in [2.05, 4.69) is 27.4 Å². The number of benzene rings is 2. The zero-order chi connectivity index (χ0) is 21.8. The van der Waals surface area contributed by atoms with Crippen LogP contribution >= 0.6 is 0 Å². The number of alkyl carbamates (subject to hydrolysis) is 1. The molecule has 1 atom stereocenters. The second kappa shape index (κ2) is 8.83. The van der Waals surface area contributed by atoms with Crippen molar-refractivity contribution in [2.45, 2.75) is 18.4 Å². The first-order valence-electron chi connectivity index (χ1n) is 9.80. The van der Waals surface area contributed by atoms with Crippen molar-refractivity contribution >= 4 is 12.1 Å². The summed E-state index contributed by atoms with van der Waals surface area (Å²) in [7, 11) is 1.22. The molecule has 1 aromatic heterocycles. The maximum absolute atomic E-state index is 12.5. The summed E-state index contributed by atoms with van der Waals surface area (Å²) < 4.78 is 10.2. The molecule has 0 fully saturated rings. The van der Waals surface area contributed by atoms with E-state index in [1.165, 1.54) is 19.4 Å². The average Bonchev–Trinajstić information content (AvgIpc) is 3.10. The largest absolute Gasteiger partial charge is 0.467 e. The van der Waals surface area contributed by atoms with E-state index in [1.807, 2.05) is 36.4 Å². The van der Waals surface area contributed by atoms with Crippen molar-refractivity contribution in [3.63, 3.8) is 0 Å². The van der Waals surface area contributed by atoms with Gasteiger partial charge < -0.3 is 19.8 Å². The quantitative estimate of drug-likeness (QED) is 0.594. The van der Waals surface area contributed by atoms with E-state index in [-0.39, 0.29) is 30.3 Å². The summed E-state index contributed by atoms with van der Waals surface area (Å²) in [6.45, 7) is 0.119. The molecule has 8 heteroatoms. The van der Waals surface area contributed by atoms with Crippen LogP contribution in [0.3, 0.4) is 0 Å². The number of carbonyl (C=O) groups is 2. The van der Waals surface area contributed by atoms with Crippen LogP contribution in [0.2, 0.25) is 0 Å². The number of hydrogen-bond acceptors (Lipinski definition) is 6. The maximum Gasteiger partial charge on any atom is 0.407 e. The zero-order valence-corrected chi connectivity index (χ0v) is 16.8. The molecule has 1 heterocycles. The molecule has 3 aromatic rings. The number of nitrogens with zero attached hydrogens (tertiary/aromatic N) is 1. The van der Waals surface area contributed by atoms with Gasteiger partial charge in [0.05, 0.1) is 7.11 Å². The van der Waals surface area contributed by atoms with Crippen molar-refractivity contribution in [1.82, 2.24) is 15.3 Å². The lowest BCUT2D eigenvalue weighted by atomic mass is 9.98. The topological polar surface area (TPSA) is 110 Å². The van der Waals surface area contributed by atoms with E-state index in [0.29, 0.717) is 0 Å². The van der Waals surface area contributed by atoms with Gasteiger partial charge in [-0.25, -0.2) is 14.6 Å². The van der Waals surface area contributed by atoms with Crippen molar-refractivity contribution in [3.8, 4) is 11.1 Å². The Morgan fingerprint density at radius 3 is 2.32 bits per heavy atom. The molecule has 4 rings (SSSR count). The van der Waals surface area contributed by atoms with Gasteiger partial charge in [-0.1, -0.05) is 48.5 Å². The number of H-pyrrole nitrogens is 1. The normalized spacial score (nSPS) is 13.1. The fourth-order valence-corrected chi connectivity index (χ4v) is 3.83. The highest BCUT2D eigenvalue weighted by Crippen LogP contribution is 2.44. The predicted molar refractivity (Wildman–Crippen MR) is 113 cm³/mol. The first-order chi connectivity index (χ1) is 15.1. The number of rotatable bonds is 6. The molecule has 0 spiro atoms. The number of ether oxygens (including phenoxy) is 2. The third kappa shape index (κ3) is 4.32. The summed E-state index contributed by atoms with van der Waals surface area (Å²) in [5.74, 6) is -0.510. The molecule has 1 unspecified atom stereocenters. The fourth-order valence-electron chi connectivity index (χ4n) is 3.83. The Hall–Kier alpha value is -3.94. The maximum atomic E-state index is 12.5. The van der Waals surface area contributed by atoms with Crippen molar-refractivity contribution in [3.05, 3.63) is 88.1 Å². The molecular weight excluding hydrogens is 398 g/mol. The Morgan fingerprint density at radius 2 is 1.71 bits per heavy atom. The van der Waals surface area contributed by atoms with Gasteiger partial charge in [0.25, 0.3) is 5.56 Å². The highest BCUT2D eigenvalue weighted by molar-refractivity contribution is 5.82. The highest BCUT2D eigenvalue weighted by Gasteiger charge is 2.30. The van der Waals surface area contributed by atoms with Crippen LogP contribution in [0.4, 0.5) is 4.79 Å². The van der Waals surface area contributed by atoms with E-state index in [4.69, 9.17) is 9.47 Å². The van der Waals surface area contributed by atoms with E-state index in [1.54, 1.807) is 0 Å². The lowest BCUT2D eigenvalue weighted by Crippen LogP contribution is -2.44. The molecule has 0 aliphatic heterocycles. The summed E-state index contributed by atoms with van der Waals surface area (Å²) in [5.41, 5.74) is 4.08. The van der Waals surface area contributed by atoms with Crippen molar-refractivity contribution in [1.29, 1.82) is 0 Å². The van der Waals surface area contributed by atoms with Crippen LogP contribution in [0, 0.1) is 0 Å². The van der Waals surface area contributed by atoms with E-state index < -0.39 is 18.1 Å². The number of nitrogens with one attached hydrogen (secondary N) is 2. The van der Waals surface area contributed by atoms with Gasteiger partial charge in [-0.3, -0.25) is 4.79 Å². The van der Waals surface area contributed by atoms with Crippen LogP contribution in [-0.4, -0.2) is 41.8 Å². The monoisotopic (exact) mass is 419 g/mol. The number of fused-ring (bicyclic) bond motifs is 3. The van der Waals surface area contributed by atoms with Gasteiger partial charge in [-0.05, 0) is 22.3 Å². The van der Waals surface area contributed by atoms with Crippen LogP contribution in [0.25, 0.3) is 11.1 Å². The molecule has 2 aromatic carbocycles. The Balaban J connectivity index is 1.45. The lowest BCUT2D eigenvalue weighted by Gasteiger charge is -2.18. The Bertz CT molecular complexity index is 1130. The Kier molecular flexibility index (Phi) is 5.79. The number of methoxy groups -OCH3 is 1. The molecule has 2 N–H and O–H groups in total. The Morgan fingerprint density at radius 1 is 1.06 bits per heavy atom. The minimum Gasteiger partial charge on any atom is -0.467 e. The molecule has 31 heavy (non-hydrogen) atoms. The molecule has 8 nitrogen and oxygen atoms in total. The summed E-state index contributed by atoms with van der Waals surface area (Å²) in [4.78, 5) is 42.6. The van der Waals surface area contributed by atoms with Crippen molar-refractivity contribution < 1.29 is 19.1 Å². The summed E-state index contributed by atoms with van der Waals surface area (Å²) >= 11 is 0. The van der Waals surface area contributed by atoms with E-state index >= 15 is 0 Å². The van der Waals surface area contributed by atoms with Crippen LogP contribution in [-0.2, 0) is 20.7 Å². The molecule has 0 saturated heterocycles. The van der Waals surface area contributed by atoms with Gasteiger partial charge in [0, 0.05) is 24.6 Å². The fraction of sp³-hybridized carbons (Fsp3) is 0.217. The summed E-state index contributed by atoms with van der Waals surface area (Å²) in [6, 6.07) is 16.2. The molecule has 0 saturated carbocycles. The minimum absolute atomic E-state index is 0.0348. The molecule has 1 amide bonds. The number of carbonyl (C=O) groups excluding carboxylic acids is 2. The van der Waals surface area contributed by atoms with Crippen LogP contribution in [0.5, 0.6) is 0 Å². The van der Waals surface area contributed by atoms with Gasteiger partial charge in [-0.2, -0.15) is 0 Å². The molecule has 0 radical (unpaired) electrons. The predicted octanol–water partition coefficient (Wildman–Crippen LogP) is 2.39. The number of aromatic nitrogens is 2. The number of amides is 1. The number of aromatic amines is 1. The van der Waals surface area contributed by atoms with E-state index in [0.717, 1.165) is 22.3 Å². The minimum atomic E-state index is -1.05. The third-order valence-corrected chi connectivity index (χ3v) is 5.24. The van der Waals surface area contributed by atoms with Crippen molar-refractivity contribution in [2.75, 3.05) is 13.7 Å². The zero-order valence-electron chi connectivity index (χ0n) is 16.8. The summed E-state index contributed by atoms with van der Waals surface area (Å²) in [5, 5.41) is 2.51. The van der Waals surface area contributed by atoms with Crippen molar-refractivity contribution in [2.24, 2.45) is 0 Å². The average molecular weight is 419 g/mol. The molecule has 1 aliphatic rings. The number of hydrogen-bond donors (Lipinski definition) is 2. The lowest BCUT2D eigenvalue weighted by molar-refractivity contribution is -0.143. The van der Waals surface area contributed by atoms with Crippen LogP contribution < -0.4 is 10.9 Å². The molecule has 158 valence electrons. The SMILES string of the molecule is COC(=O)C(Cc1nccc(=O)[nH]1)NC(=O)OCC1c2ccccc2-c2ccccc21. The smallest absolute Gasteiger partial charge is 0.407 e. The summed E-state index contributed by atoms with van der Waals surface area (Å²) in [6.07, 6.45) is 0.540. The third-order valence-electron chi connectivity index (χ3n) is 5.24. The second-order valence-corrected chi connectivity index (χ2v) is 7.13. The molecular formula is C23H21N3O5. The first kappa shape index (κ1) is 20.3.